The van der Waals surface area contributed by atoms with Crippen molar-refractivity contribution >= 4 is 15.9 Å². The molecule has 0 aliphatic carbocycles. The van der Waals surface area contributed by atoms with Gasteiger partial charge in [0.1, 0.15) is 10.6 Å². The number of piperazine rings is 1. The van der Waals surface area contributed by atoms with Gasteiger partial charge < -0.3 is 19.5 Å². The normalized spacial score (nSPS) is 14.9. The average Bonchev–Trinajstić information content (AvgIpc) is 2.79. The molecule has 2 aromatic rings. The molecule has 9 heteroatoms. The molecule has 2 aromatic carbocycles. The zero-order valence-electron chi connectivity index (χ0n) is 18.5. The molecule has 174 valence electrons. The molecule has 1 amide bonds. The van der Waals surface area contributed by atoms with Crippen LogP contribution in [0.4, 0.5) is 0 Å². The van der Waals surface area contributed by atoms with Gasteiger partial charge >= 0.3 is 0 Å². The van der Waals surface area contributed by atoms with Crippen LogP contribution < -0.4 is 9.47 Å². The molecular weight excluding hydrogens is 432 g/mol. The third kappa shape index (κ3) is 5.72. The van der Waals surface area contributed by atoms with Crippen LogP contribution in [-0.4, -0.2) is 68.0 Å². The van der Waals surface area contributed by atoms with Crippen molar-refractivity contribution in [3.8, 4) is 17.2 Å². The zero-order chi connectivity index (χ0) is 23.1. The van der Waals surface area contributed by atoms with E-state index in [2.05, 4.69) is 0 Å². The molecule has 8 nitrogen and oxygen atoms in total. The number of phenolic OH excluding ortho intramolecular Hbond substituents is 1. The van der Waals surface area contributed by atoms with Gasteiger partial charge in [0.15, 0.2) is 11.5 Å². The number of aryl methyl sites for hydroxylation is 1. The lowest BCUT2D eigenvalue weighted by atomic mass is 10.2. The van der Waals surface area contributed by atoms with Crippen molar-refractivity contribution in [2.75, 3.05) is 39.4 Å². The summed E-state index contributed by atoms with van der Waals surface area (Å²) in [6, 6.07) is 11.9. The molecular formula is C23H30N2O6S. The second kappa shape index (κ2) is 10.7. The number of carbonyl (C=O) groups is 1. The van der Waals surface area contributed by atoms with E-state index in [9.17, 15) is 18.3 Å². The second-order valence-corrected chi connectivity index (χ2v) is 9.49. The molecule has 1 aliphatic rings. The van der Waals surface area contributed by atoms with E-state index in [1.54, 1.807) is 17.9 Å². The number of hydrogen-bond donors (Lipinski definition) is 1. The van der Waals surface area contributed by atoms with Crippen LogP contribution in [0.1, 0.15) is 25.3 Å². The van der Waals surface area contributed by atoms with Crippen molar-refractivity contribution in [1.29, 1.82) is 0 Å². The number of benzene rings is 2. The Bertz CT molecular complexity index is 1030. The summed E-state index contributed by atoms with van der Waals surface area (Å²) in [5.74, 6) is 1.04. The number of amides is 1. The summed E-state index contributed by atoms with van der Waals surface area (Å²) in [5, 5.41) is 10.0. The Morgan fingerprint density at radius 1 is 1.03 bits per heavy atom. The average molecular weight is 463 g/mol. The van der Waals surface area contributed by atoms with Gasteiger partial charge in [-0.2, -0.15) is 4.31 Å². The van der Waals surface area contributed by atoms with Crippen LogP contribution in [0.3, 0.4) is 0 Å². The van der Waals surface area contributed by atoms with Gasteiger partial charge in [-0.05, 0) is 50.1 Å². The van der Waals surface area contributed by atoms with Crippen LogP contribution in [-0.2, 0) is 14.8 Å². The van der Waals surface area contributed by atoms with Crippen molar-refractivity contribution in [3.05, 3.63) is 48.0 Å². The summed E-state index contributed by atoms with van der Waals surface area (Å²) in [6.45, 7) is 5.63. The number of sulfonamides is 1. The molecule has 0 saturated carbocycles. The van der Waals surface area contributed by atoms with E-state index in [4.69, 9.17) is 9.47 Å². The van der Waals surface area contributed by atoms with Crippen molar-refractivity contribution in [2.24, 2.45) is 0 Å². The first kappa shape index (κ1) is 23.9. The van der Waals surface area contributed by atoms with Gasteiger partial charge in [-0.3, -0.25) is 4.79 Å². The lowest BCUT2D eigenvalue weighted by Gasteiger charge is -2.34. The molecule has 0 unspecified atom stereocenters. The van der Waals surface area contributed by atoms with Crippen LogP contribution in [0.5, 0.6) is 17.2 Å². The molecule has 1 fully saturated rings. The van der Waals surface area contributed by atoms with Crippen molar-refractivity contribution in [2.45, 2.75) is 31.6 Å². The molecule has 0 bridgehead atoms. The van der Waals surface area contributed by atoms with Crippen molar-refractivity contribution in [3.63, 3.8) is 0 Å². The lowest BCUT2D eigenvalue weighted by molar-refractivity contribution is -0.132. The SMILES string of the molecule is CCOc1ccccc1OCCCC(=O)N1CCN(S(=O)(=O)c2cc(C)ccc2O)CC1. The van der Waals surface area contributed by atoms with Gasteiger partial charge in [0, 0.05) is 32.6 Å². The first-order valence-electron chi connectivity index (χ1n) is 10.7. The standard InChI is InChI=1S/C23H30N2O6S/c1-3-30-20-7-4-5-8-21(20)31-16-6-9-23(27)24-12-14-25(15-13-24)32(28,29)22-17-18(2)10-11-19(22)26/h4-5,7-8,10-11,17,26H,3,6,9,12-16H2,1-2H3. The number of phenols is 1. The van der Waals surface area contributed by atoms with Gasteiger partial charge in [0.2, 0.25) is 15.9 Å². The Labute approximate surface area is 189 Å². The molecule has 0 radical (unpaired) electrons. The largest absolute Gasteiger partial charge is 0.507 e. The topological polar surface area (TPSA) is 96.4 Å². The number of hydrogen-bond acceptors (Lipinski definition) is 6. The highest BCUT2D eigenvalue weighted by molar-refractivity contribution is 7.89. The fourth-order valence-corrected chi connectivity index (χ4v) is 5.14. The minimum atomic E-state index is -3.81. The van der Waals surface area contributed by atoms with Gasteiger partial charge in [-0.25, -0.2) is 8.42 Å². The van der Waals surface area contributed by atoms with E-state index in [0.29, 0.717) is 50.6 Å². The predicted molar refractivity (Wildman–Crippen MR) is 121 cm³/mol. The summed E-state index contributed by atoms with van der Waals surface area (Å²) in [7, 11) is -3.81. The quantitative estimate of drug-likeness (QED) is 0.576. The van der Waals surface area contributed by atoms with Gasteiger partial charge in [-0.15, -0.1) is 0 Å². The van der Waals surface area contributed by atoms with Crippen molar-refractivity contribution in [1.82, 2.24) is 9.21 Å². The highest BCUT2D eigenvalue weighted by Gasteiger charge is 2.31. The molecule has 0 spiro atoms. The van der Waals surface area contributed by atoms with E-state index in [1.165, 1.54) is 16.4 Å². The Morgan fingerprint density at radius 3 is 2.34 bits per heavy atom. The maximum absolute atomic E-state index is 12.9. The highest BCUT2D eigenvalue weighted by atomic mass is 32.2. The first-order valence-corrected chi connectivity index (χ1v) is 12.2. The lowest BCUT2D eigenvalue weighted by Crippen LogP contribution is -2.50. The highest BCUT2D eigenvalue weighted by Crippen LogP contribution is 2.28. The molecule has 1 N–H and O–H groups in total. The fourth-order valence-electron chi connectivity index (χ4n) is 3.55. The van der Waals surface area contributed by atoms with Crippen LogP contribution in [0, 0.1) is 6.92 Å². The van der Waals surface area contributed by atoms with E-state index in [1.807, 2.05) is 31.2 Å². The number of para-hydroxylation sites is 2. The maximum Gasteiger partial charge on any atom is 0.246 e. The molecule has 3 rings (SSSR count). The minimum Gasteiger partial charge on any atom is -0.507 e. The molecule has 32 heavy (non-hydrogen) atoms. The van der Waals surface area contributed by atoms with Crippen LogP contribution in [0.25, 0.3) is 0 Å². The molecule has 1 saturated heterocycles. The van der Waals surface area contributed by atoms with E-state index < -0.39 is 10.0 Å². The summed E-state index contributed by atoms with van der Waals surface area (Å²) < 4.78 is 38.4. The number of rotatable bonds is 9. The van der Waals surface area contributed by atoms with Crippen molar-refractivity contribution < 1.29 is 27.8 Å². The molecule has 1 aliphatic heterocycles. The Kier molecular flexibility index (Phi) is 7.98. The van der Waals surface area contributed by atoms with Crippen LogP contribution >= 0.6 is 0 Å². The predicted octanol–water partition coefficient (Wildman–Crippen LogP) is 2.79. The molecule has 0 aromatic heterocycles. The Morgan fingerprint density at radius 2 is 1.69 bits per heavy atom. The number of aromatic hydroxyl groups is 1. The number of nitrogens with zero attached hydrogens (tertiary/aromatic N) is 2. The first-order chi connectivity index (χ1) is 15.3. The number of ether oxygens (including phenoxy) is 2. The monoisotopic (exact) mass is 462 g/mol. The fraction of sp³-hybridized carbons (Fsp3) is 0.435. The summed E-state index contributed by atoms with van der Waals surface area (Å²) >= 11 is 0. The van der Waals surface area contributed by atoms with E-state index in [0.717, 1.165) is 5.56 Å². The molecule has 1 heterocycles. The zero-order valence-corrected chi connectivity index (χ0v) is 19.3. The summed E-state index contributed by atoms with van der Waals surface area (Å²) in [6.07, 6.45) is 0.872. The van der Waals surface area contributed by atoms with Gasteiger partial charge in [0.25, 0.3) is 0 Å². The van der Waals surface area contributed by atoms with Crippen LogP contribution in [0.15, 0.2) is 47.4 Å². The Hall–Kier alpha value is -2.78. The maximum atomic E-state index is 12.9. The Balaban J connectivity index is 1.47. The third-order valence-electron chi connectivity index (χ3n) is 5.27. The van der Waals surface area contributed by atoms with E-state index in [-0.39, 0.29) is 29.6 Å². The third-order valence-corrected chi connectivity index (χ3v) is 7.19. The number of carbonyl (C=O) groups excluding carboxylic acids is 1. The van der Waals surface area contributed by atoms with E-state index >= 15 is 0 Å². The smallest absolute Gasteiger partial charge is 0.246 e. The summed E-state index contributed by atoms with van der Waals surface area (Å²) in [5.41, 5.74) is 0.751. The molecule has 0 atom stereocenters. The second-order valence-electron chi connectivity index (χ2n) is 7.59. The summed E-state index contributed by atoms with van der Waals surface area (Å²) in [4.78, 5) is 14.1. The van der Waals surface area contributed by atoms with Gasteiger partial charge in [-0.1, -0.05) is 18.2 Å². The van der Waals surface area contributed by atoms with Crippen LogP contribution in [0.2, 0.25) is 0 Å². The van der Waals surface area contributed by atoms with Gasteiger partial charge in [0.05, 0.1) is 13.2 Å². The minimum absolute atomic E-state index is 0.0258.